The molecule has 0 saturated carbocycles. The number of tetrazole rings is 1. The molecule has 2 atom stereocenters. The Morgan fingerprint density at radius 2 is 1.76 bits per heavy atom. The van der Waals surface area contributed by atoms with E-state index in [0.717, 1.165) is 102 Å². The van der Waals surface area contributed by atoms with Crippen LogP contribution in [0.5, 0.6) is 17.2 Å². The Bertz CT molecular complexity index is 2090. The number of aliphatic hydroxyl groups excluding tert-OH is 1. The van der Waals surface area contributed by atoms with Crippen molar-refractivity contribution < 1.29 is 19.3 Å². The predicted octanol–water partition coefficient (Wildman–Crippen LogP) is 6.73. The van der Waals surface area contributed by atoms with Gasteiger partial charge in [0.25, 0.3) is 0 Å². The van der Waals surface area contributed by atoms with Gasteiger partial charge in [0, 0.05) is 55.8 Å². The zero-order valence-corrected chi connectivity index (χ0v) is 31.4. The molecule has 0 bridgehead atoms. The fourth-order valence-corrected chi connectivity index (χ4v) is 7.66. The van der Waals surface area contributed by atoms with Crippen molar-refractivity contribution in [1.82, 2.24) is 35.4 Å². The number of aromatic amines is 1. The van der Waals surface area contributed by atoms with Gasteiger partial charge in [0.15, 0.2) is 5.82 Å². The molecular formula is C41H45ClN8O4. The maximum Gasteiger partial charge on any atom is 0.165 e. The molecule has 0 aliphatic carbocycles. The molecule has 0 radical (unpaired) electrons. The molecule has 2 fully saturated rings. The third kappa shape index (κ3) is 8.83. The topological polar surface area (TPSA) is 146 Å². The third-order valence-electron chi connectivity index (χ3n) is 10.4. The lowest BCUT2D eigenvalue weighted by Gasteiger charge is -2.24. The normalized spacial score (nSPS) is 17.5. The minimum absolute atomic E-state index is 0.0563. The summed E-state index contributed by atoms with van der Waals surface area (Å²) in [6.45, 7) is 9.43. The molecule has 7 rings (SSSR count). The maximum atomic E-state index is 9.81. The van der Waals surface area contributed by atoms with Crippen molar-refractivity contribution in [3.63, 3.8) is 0 Å². The lowest BCUT2D eigenvalue weighted by atomic mass is 9.93. The van der Waals surface area contributed by atoms with Crippen molar-refractivity contribution in [2.45, 2.75) is 71.4 Å². The molecule has 2 aromatic heterocycles. The molecule has 5 aromatic rings. The van der Waals surface area contributed by atoms with Crippen LogP contribution in [0.4, 0.5) is 0 Å². The van der Waals surface area contributed by atoms with Gasteiger partial charge in [-0.25, -0.2) is 5.10 Å². The van der Waals surface area contributed by atoms with Gasteiger partial charge >= 0.3 is 0 Å². The Morgan fingerprint density at radius 3 is 2.56 bits per heavy atom. The molecule has 280 valence electrons. The number of rotatable bonds is 15. The number of benzene rings is 3. The fraction of sp³-hybridized carbons (Fsp3) is 0.390. The van der Waals surface area contributed by atoms with Crippen molar-refractivity contribution in [3.8, 4) is 34.4 Å². The molecule has 2 saturated heterocycles. The Balaban J connectivity index is 1.07. The van der Waals surface area contributed by atoms with Crippen LogP contribution in [0, 0.1) is 25.2 Å². The number of aliphatic hydroxyl groups is 1. The SMILES string of the molecule is Cc1c(COc2cc(OCc3cncc(C#N)c3)c(CN3CCCC3c3nnn[nH]3)cc2Cl)cccc1-c1cccc(OCCCN2CCC(O)C2)c1C. The number of nitriles is 1. The summed E-state index contributed by atoms with van der Waals surface area (Å²) in [6, 6.07) is 20.2. The second-order valence-corrected chi connectivity index (χ2v) is 14.4. The van der Waals surface area contributed by atoms with Gasteiger partial charge < -0.3 is 24.2 Å². The largest absolute Gasteiger partial charge is 0.493 e. The molecule has 13 heteroatoms. The van der Waals surface area contributed by atoms with Gasteiger partial charge in [-0.2, -0.15) is 5.26 Å². The monoisotopic (exact) mass is 748 g/mol. The maximum absolute atomic E-state index is 9.81. The lowest BCUT2D eigenvalue weighted by Crippen LogP contribution is -2.24. The standard InChI is InChI=1S/C41H45ClN8O4/c1-27-31(7-3-8-34(27)35-9-4-11-38(28(35)2)52-16-6-13-49-15-12-33(51)24-49)26-54-40-19-39(53-25-30-17-29(20-43)21-44-22-30)32(18-36(40)42)23-50-14-5-10-37(50)41-45-47-48-46-41/h3-4,7-9,11,17-19,21-22,33,37,51H,5-6,10,12-16,23-26H2,1-2H3,(H,45,46,47,48). The van der Waals surface area contributed by atoms with Crippen LogP contribution in [0.2, 0.25) is 5.02 Å². The highest BCUT2D eigenvalue weighted by molar-refractivity contribution is 6.32. The number of nitrogens with one attached hydrogen (secondary N) is 1. The molecule has 2 aliphatic rings. The van der Waals surface area contributed by atoms with E-state index >= 15 is 0 Å². The van der Waals surface area contributed by atoms with E-state index in [2.05, 4.69) is 79.6 Å². The number of nitrogens with zero attached hydrogens (tertiary/aromatic N) is 7. The summed E-state index contributed by atoms with van der Waals surface area (Å²) >= 11 is 6.93. The highest BCUT2D eigenvalue weighted by Gasteiger charge is 2.30. The Kier molecular flexibility index (Phi) is 12.0. The molecule has 12 nitrogen and oxygen atoms in total. The van der Waals surface area contributed by atoms with Crippen LogP contribution in [0.25, 0.3) is 11.1 Å². The smallest absolute Gasteiger partial charge is 0.165 e. The number of β-amino-alcohol motifs (C(OH)–C–C–N with tert-alkyl or cyclic N) is 1. The highest BCUT2D eigenvalue weighted by atomic mass is 35.5. The second-order valence-electron chi connectivity index (χ2n) is 14.0. The van der Waals surface area contributed by atoms with E-state index in [1.165, 1.54) is 6.20 Å². The number of pyridine rings is 1. The molecule has 3 aromatic carbocycles. The Hall–Kier alpha value is -5.06. The van der Waals surface area contributed by atoms with E-state index in [1.807, 2.05) is 24.3 Å². The lowest BCUT2D eigenvalue weighted by molar-refractivity contribution is 0.173. The number of ether oxygens (including phenoxy) is 3. The number of likely N-dealkylation sites (tertiary alicyclic amines) is 2. The molecule has 2 unspecified atom stereocenters. The summed E-state index contributed by atoms with van der Waals surface area (Å²) in [5.74, 6) is 2.76. The van der Waals surface area contributed by atoms with Crippen molar-refractivity contribution in [1.29, 1.82) is 5.26 Å². The summed E-state index contributed by atoms with van der Waals surface area (Å²) in [6.07, 6.45) is 6.74. The summed E-state index contributed by atoms with van der Waals surface area (Å²) in [5, 5.41) is 34.4. The van der Waals surface area contributed by atoms with Crippen LogP contribution in [-0.4, -0.2) is 79.4 Å². The van der Waals surface area contributed by atoms with E-state index in [1.54, 1.807) is 12.3 Å². The summed E-state index contributed by atoms with van der Waals surface area (Å²) < 4.78 is 19.1. The third-order valence-corrected chi connectivity index (χ3v) is 10.7. The Labute approximate surface area is 320 Å². The minimum Gasteiger partial charge on any atom is -0.493 e. The minimum atomic E-state index is -0.204. The first-order valence-electron chi connectivity index (χ1n) is 18.5. The predicted molar refractivity (Wildman–Crippen MR) is 204 cm³/mol. The summed E-state index contributed by atoms with van der Waals surface area (Å²) in [4.78, 5) is 8.80. The molecular weight excluding hydrogens is 704 g/mol. The fourth-order valence-electron chi connectivity index (χ4n) is 7.42. The number of halogens is 1. The van der Waals surface area contributed by atoms with E-state index in [-0.39, 0.29) is 18.8 Å². The van der Waals surface area contributed by atoms with Gasteiger partial charge in [-0.1, -0.05) is 41.9 Å². The highest BCUT2D eigenvalue weighted by Crippen LogP contribution is 2.39. The van der Waals surface area contributed by atoms with Gasteiger partial charge in [-0.3, -0.25) is 9.88 Å². The molecule has 2 N–H and O–H groups in total. The Morgan fingerprint density at radius 1 is 0.926 bits per heavy atom. The van der Waals surface area contributed by atoms with Gasteiger partial charge in [0.05, 0.1) is 29.3 Å². The molecule has 0 spiro atoms. The van der Waals surface area contributed by atoms with Crippen molar-refractivity contribution >= 4 is 11.6 Å². The molecule has 2 aliphatic heterocycles. The number of hydrogen-bond acceptors (Lipinski definition) is 11. The second kappa shape index (κ2) is 17.4. The first kappa shape index (κ1) is 37.3. The van der Waals surface area contributed by atoms with Crippen LogP contribution in [-0.2, 0) is 19.8 Å². The van der Waals surface area contributed by atoms with E-state index in [4.69, 9.17) is 25.8 Å². The van der Waals surface area contributed by atoms with E-state index in [0.29, 0.717) is 41.8 Å². The molecule has 4 heterocycles. The van der Waals surface area contributed by atoms with Gasteiger partial charge in [0.1, 0.15) is 36.5 Å². The zero-order valence-electron chi connectivity index (χ0n) is 30.7. The van der Waals surface area contributed by atoms with Crippen molar-refractivity contribution in [3.05, 3.63) is 111 Å². The van der Waals surface area contributed by atoms with Crippen LogP contribution in [0.3, 0.4) is 0 Å². The van der Waals surface area contributed by atoms with E-state index in [9.17, 15) is 10.4 Å². The summed E-state index contributed by atoms with van der Waals surface area (Å²) in [7, 11) is 0. The van der Waals surface area contributed by atoms with Crippen LogP contribution in [0.15, 0.2) is 67.0 Å². The first-order chi connectivity index (χ1) is 26.4. The van der Waals surface area contributed by atoms with Crippen molar-refractivity contribution in [2.75, 3.05) is 32.8 Å². The zero-order chi connectivity index (χ0) is 37.4. The number of H-pyrrole nitrogens is 1. The van der Waals surface area contributed by atoms with E-state index < -0.39 is 0 Å². The van der Waals surface area contributed by atoms with Gasteiger partial charge in [-0.15, -0.1) is 5.10 Å². The summed E-state index contributed by atoms with van der Waals surface area (Å²) in [5.41, 5.74) is 7.63. The van der Waals surface area contributed by atoms with Crippen LogP contribution < -0.4 is 14.2 Å². The first-order valence-corrected chi connectivity index (χ1v) is 18.9. The molecule has 0 amide bonds. The quantitative estimate of drug-likeness (QED) is 0.110. The van der Waals surface area contributed by atoms with Crippen LogP contribution >= 0.6 is 11.6 Å². The number of hydrogen-bond donors (Lipinski definition) is 2. The van der Waals surface area contributed by atoms with Gasteiger partial charge in [-0.05, 0) is 103 Å². The molecule has 54 heavy (non-hydrogen) atoms. The average Bonchev–Trinajstić information content (AvgIpc) is 3.97. The van der Waals surface area contributed by atoms with Crippen molar-refractivity contribution in [2.24, 2.45) is 0 Å². The van der Waals surface area contributed by atoms with Crippen LogP contribution in [0.1, 0.15) is 70.9 Å². The van der Waals surface area contributed by atoms with Gasteiger partial charge in [0.2, 0.25) is 0 Å². The average molecular weight is 749 g/mol. The number of aromatic nitrogens is 5.